The molecule has 20 heavy (non-hydrogen) atoms. The molecule has 118 valence electrons. The van der Waals surface area contributed by atoms with Gasteiger partial charge in [0.25, 0.3) is 0 Å². The largest absolute Gasteiger partial charge is 0.481 e. The van der Waals surface area contributed by atoms with Crippen molar-refractivity contribution in [1.82, 2.24) is 5.32 Å². The predicted molar refractivity (Wildman–Crippen MR) is 75.4 cm³/mol. The SMILES string of the molecule is CCC(CC)(CC(=O)NCC(C)(O)CCOC)C(=O)O. The first-order chi connectivity index (χ1) is 9.23. The Labute approximate surface area is 120 Å². The predicted octanol–water partition coefficient (Wildman–Crippen LogP) is 1.17. The summed E-state index contributed by atoms with van der Waals surface area (Å²) in [6.07, 6.45) is 1.11. The Morgan fingerprint density at radius 1 is 1.25 bits per heavy atom. The molecule has 6 heteroatoms. The van der Waals surface area contributed by atoms with Crippen LogP contribution < -0.4 is 5.32 Å². The standard InChI is InChI=1S/C14H27NO5/c1-5-14(6-2,12(17)18)9-11(16)15-10-13(3,19)7-8-20-4/h19H,5-10H2,1-4H3,(H,15,16)(H,17,18). The van der Waals surface area contributed by atoms with Crippen LogP contribution in [-0.2, 0) is 14.3 Å². The number of carboxylic acids is 1. The van der Waals surface area contributed by atoms with Crippen LogP contribution in [0.15, 0.2) is 0 Å². The summed E-state index contributed by atoms with van der Waals surface area (Å²) in [5.74, 6) is -1.31. The van der Waals surface area contributed by atoms with Crippen molar-refractivity contribution in [3.05, 3.63) is 0 Å². The molecule has 0 saturated carbocycles. The molecule has 0 saturated heterocycles. The van der Waals surface area contributed by atoms with Gasteiger partial charge in [0, 0.05) is 33.1 Å². The minimum Gasteiger partial charge on any atom is -0.481 e. The van der Waals surface area contributed by atoms with Gasteiger partial charge in [-0.25, -0.2) is 0 Å². The first-order valence-corrected chi connectivity index (χ1v) is 6.94. The molecule has 0 aromatic heterocycles. The Morgan fingerprint density at radius 3 is 2.20 bits per heavy atom. The Hall–Kier alpha value is -1.14. The zero-order valence-electron chi connectivity index (χ0n) is 12.9. The number of carboxylic acid groups (broad SMARTS) is 1. The topological polar surface area (TPSA) is 95.9 Å². The van der Waals surface area contributed by atoms with E-state index in [1.165, 1.54) is 0 Å². The minimum absolute atomic E-state index is 0.0737. The van der Waals surface area contributed by atoms with E-state index in [1.54, 1.807) is 27.9 Å². The van der Waals surface area contributed by atoms with Gasteiger partial charge in [-0.05, 0) is 19.8 Å². The Morgan fingerprint density at radius 2 is 1.80 bits per heavy atom. The van der Waals surface area contributed by atoms with E-state index in [0.29, 0.717) is 25.9 Å². The van der Waals surface area contributed by atoms with Crippen LogP contribution in [0, 0.1) is 5.41 Å². The fraction of sp³-hybridized carbons (Fsp3) is 0.857. The van der Waals surface area contributed by atoms with E-state index in [0.717, 1.165) is 0 Å². The average Bonchev–Trinajstić information content (AvgIpc) is 2.40. The number of ether oxygens (including phenoxy) is 1. The van der Waals surface area contributed by atoms with Crippen LogP contribution in [0.5, 0.6) is 0 Å². The molecule has 0 radical (unpaired) electrons. The molecule has 1 unspecified atom stereocenters. The zero-order valence-corrected chi connectivity index (χ0v) is 12.9. The number of methoxy groups -OCH3 is 1. The molecule has 1 atom stereocenters. The van der Waals surface area contributed by atoms with Crippen LogP contribution in [0.25, 0.3) is 0 Å². The minimum atomic E-state index is -1.06. The highest BCUT2D eigenvalue weighted by atomic mass is 16.5. The van der Waals surface area contributed by atoms with Crippen LogP contribution >= 0.6 is 0 Å². The van der Waals surface area contributed by atoms with Gasteiger partial charge in [0.1, 0.15) is 0 Å². The van der Waals surface area contributed by atoms with Crippen LogP contribution in [0.3, 0.4) is 0 Å². The number of amides is 1. The summed E-state index contributed by atoms with van der Waals surface area (Å²) in [5.41, 5.74) is -2.08. The summed E-state index contributed by atoms with van der Waals surface area (Å²) in [4.78, 5) is 23.2. The molecule has 3 N–H and O–H groups in total. The zero-order chi connectivity index (χ0) is 15.8. The van der Waals surface area contributed by atoms with Gasteiger partial charge in [-0.3, -0.25) is 9.59 Å². The molecule has 0 heterocycles. The van der Waals surface area contributed by atoms with Gasteiger partial charge in [0.2, 0.25) is 5.91 Å². The quantitative estimate of drug-likeness (QED) is 0.561. The van der Waals surface area contributed by atoms with Crippen LogP contribution in [0.4, 0.5) is 0 Å². The highest BCUT2D eigenvalue weighted by molar-refractivity contribution is 5.84. The lowest BCUT2D eigenvalue weighted by atomic mass is 9.79. The highest BCUT2D eigenvalue weighted by Crippen LogP contribution is 2.30. The normalized spacial score (nSPS) is 14.7. The molecule has 0 rings (SSSR count). The maximum atomic E-state index is 11.9. The summed E-state index contributed by atoms with van der Waals surface area (Å²) in [5, 5.41) is 21.9. The molecule has 0 aromatic carbocycles. The van der Waals surface area contributed by atoms with E-state index in [9.17, 15) is 19.8 Å². The molecule has 1 amide bonds. The highest BCUT2D eigenvalue weighted by Gasteiger charge is 2.37. The van der Waals surface area contributed by atoms with Gasteiger partial charge >= 0.3 is 5.97 Å². The molecule has 0 aliphatic rings. The summed E-state index contributed by atoms with van der Waals surface area (Å²) >= 11 is 0. The van der Waals surface area contributed by atoms with Gasteiger partial charge in [-0.1, -0.05) is 13.8 Å². The number of rotatable bonds is 10. The number of carbonyl (C=O) groups is 2. The first kappa shape index (κ1) is 18.9. The summed E-state index contributed by atoms with van der Waals surface area (Å²) in [7, 11) is 1.54. The van der Waals surface area contributed by atoms with Gasteiger partial charge in [0.15, 0.2) is 0 Å². The van der Waals surface area contributed by atoms with Crippen molar-refractivity contribution in [3.8, 4) is 0 Å². The number of nitrogens with one attached hydrogen (secondary N) is 1. The second-order valence-corrected chi connectivity index (χ2v) is 5.49. The molecule has 0 spiro atoms. The van der Waals surface area contributed by atoms with E-state index >= 15 is 0 Å². The number of aliphatic hydroxyl groups is 1. The fourth-order valence-electron chi connectivity index (χ4n) is 1.95. The van der Waals surface area contributed by atoms with Crippen LogP contribution in [0.2, 0.25) is 0 Å². The number of aliphatic carboxylic acids is 1. The number of hydrogen-bond donors (Lipinski definition) is 3. The van der Waals surface area contributed by atoms with Crippen LogP contribution in [0.1, 0.15) is 46.5 Å². The lowest BCUT2D eigenvalue weighted by molar-refractivity contribution is -0.152. The maximum Gasteiger partial charge on any atom is 0.310 e. The summed E-state index contributed by atoms with van der Waals surface area (Å²) in [6, 6.07) is 0. The van der Waals surface area contributed by atoms with Crippen molar-refractivity contribution in [2.24, 2.45) is 5.41 Å². The van der Waals surface area contributed by atoms with E-state index < -0.39 is 17.0 Å². The monoisotopic (exact) mass is 289 g/mol. The van der Waals surface area contributed by atoms with Crippen molar-refractivity contribution in [3.63, 3.8) is 0 Å². The van der Waals surface area contributed by atoms with Gasteiger partial charge in [-0.2, -0.15) is 0 Å². The Balaban J connectivity index is 4.45. The fourth-order valence-corrected chi connectivity index (χ4v) is 1.95. The van der Waals surface area contributed by atoms with Crippen molar-refractivity contribution in [2.45, 2.75) is 52.1 Å². The van der Waals surface area contributed by atoms with Crippen molar-refractivity contribution >= 4 is 11.9 Å². The van der Waals surface area contributed by atoms with Gasteiger partial charge in [-0.15, -0.1) is 0 Å². The first-order valence-electron chi connectivity index (χ1n) is 6.94. The number of hydrogen-bond acceptors (Lipinski definition) is 4. The van der Waals surface area contributed by atoms with E-state index in [1.807, 2.05) is 0 Å². The maximum absolute atomic E-state index is 11.9. The Bertz CT molecular complexity index is 324. The molecule has 0 fully saturated rings. The lowest BCUT2D eigenvalue weighted by Crippen LogP contribution is -2.44. The Kier molecular flexibility index (Phi) is 7.75. The molecular formula is C14H27NO5. The molecule has 0 aromatic rings. The lowest BCUT2D eigenvalue weighted by Gasteiger charge is -2.27. The molecular weight excluding hydrogens is 262 g/mol. The van der Waals surface area contributed by atoms with Gasteiger partial charge in [0.05, 0.1) is 11.0 Å². The smallest absolute Gasteiger partial charge is 0.310 e. The van der Waals surface area contributed by atoms with Crippen LogP contribution in [-0.4, -0.2) is 48.0 Å². The molecule has 0 aliphatic carbocycles. The van der Waals surface area contributed by atoms with Crippen molar-refractivity contribution in [1.29, 1.82) is 0 Å². The number of carbonyl (C=O) groups excluding carboxylic acids is 1. The van der Waals surface area contributed by atoms with E-state index in [-0.39, 0.29) is 18.9 Å². The molecule has 0 bridgehead atoms. The van der Waals surface area contributed by atoms with E-state index in [2.05, 4.69) is 5.32 Å². The summed E-state index contributed by atoms with van der Waals surface area (Å²) < 4.78 is 4.88. The molecule has 0 aliphatic heterocycles. The van der Waals surface area contributed by atoms with Crippen molar-refractivity contribution in [2.75, 3.05) is 20.3 Å². The van der Waals surface area contributed by atoms with Gasteiger partial charge < -0.3 is 20.3 Å². The third-order valence-corrected chi connectivity index (χ3v) is 3.82. The third-order valence-electron chi connectivity index (χ3n) is 3.82. The summed E-state index contributed by atoms with van der Waals surface area (Å²) in [6.45, 7) is 5.61. The third kappa shape index (κ3) is 5.88. The van der Waals surface area contributed by atoms with Crippen molar-refractivity contribution < 1.29 is 24.5 Å². The average molecular weight is 289 g/mol. The second kappa shape index (κ2) is 8.21. The molecule has 6 nitrogen and oxygen atoms in total. The van der Waals surface area contributed by atoms with E-state index in [4.69, 9.17) is 4.74 Å². The second-order valence-electron chi connectivity index (χ2n) is 5.49.